The summed E-state index contributed by atoms with van der Waals surface area (Å²) in [6.45, 7) is 7.83. The predicted molar refractivity (Wildman–Crippen MR) is 99.9 cm³/mol. The zero-order valence-electron chi connectivity index (χ0n) is 14.6. The molecule has 0 radical (unpaired) electrons. The molecule has 1 aliphatic heterocycles. The van der Waals surface area contributed by atoms with Gasteiger partial charge in [0.1, 0.15) is 5.69 Å². The van der Waals surface area contributed by atoms with Crippen molar-refractivity contribution >= 4 is 5.69 Å². The van der Waals surface area contributed by atoms with Gasteiger partial charge in [0.25, 0.3) is 0 Å². The quantitative estimate of drug-likeness (QED) is 0.724. The number of fused-ring (bicyclic) bond motifs is 5. The van der Waals surface area contributed by atoms with Gasteiger partial charge in [0, 0.05) is 29.9 Å². The second-order valence-electron chi connectivity index (χ2n) is 5.57. The van der Waals surface area contributed by atoms with Gasteiger partial charge in [0.2, 0.25) is 0 Å². The van der Waals surface area contributed by atoms with E-state index >= 15 is 0 Å². The second-order valence-corrected chi connectivity index (χ2v) is 5.57. The molecule has 4 nitrogen and oxygen atoms in total. The van der Waals surface area contributed by atoms with Crippen LogP contribution in [0.4, 0.5) is 5.69 Å². The van der Waals surface area contributed by atoms with E-state index in [4.69, 9.17) is 0 Å². The van der Waals surface area contributed by atoms with E-state index in [1.807, 2.05) is 18.5 Å². The van der Waals surface area contributed by atoms with E-state index in [2.05, 4.69) is 71.1 Å². The number of benzene rings is 2. The minimum atomic E-state index is 0.799. The molecular weight excluding hydrogens is 296 g/mol. The van der Waals surface area contributed by atoms with Crippen molar-refractivity contribution in [3.05, 3.63) is 54.1 Å². The minimum absolute atomic E-state index is 0.799. The summed E-state index contributed by atoms with van der Waals surface area (Å²) in [7, 11) is 0. The normalized spacial score (nSPS) is 11.6. The van der Waals surface area contributed by atoms with Crippen molar-refractivity contribution in [1.82, 2.24) is 15.0 Å². The standard InChI is InChI=1S/C18H18N4.C2H6/c1-2-11-22-18-15-9-5-6-10-16(15)19-12-13-7-3-4-8-14(13)17(18)20-21-22;1-2/h3-10,19H,2,11-12H2,1H3;1-2H3. The number of aromatic nitrogens is 3. The zero-order chi connectivity index (χ0) is 16.9. The van der Waals surface area contributed by atoms with Gasteiger partial charge in [0.05, 0.1) is 5.69 Å². The molecule has 0 aliphatic carbocycles. The molecule has 0 amide bonds. The minimum Gasteiger partial charge on any atom is -0.380 e. The average Bonchev–Trinajstić information content (AvgIpc) is 3.04. The van der Waals surface area contributed by atoms with Crippen molar-refractivity contribution in [1.29, 1.82) is 0 Å². The first kappa shape index (κ1) is 16.2. The Morgan fingerprint density at radius 3 is 2.50 bits per heavy atom. The highest BCUT2D eigenvalue weighted by Gasteiger charge is 2.22. The van der Waals surface area contributed by atoms with E-state index in [9.17, 15) is 0 Å². The first-order valence-electron chi connectivity index (χ1n) is 8.73. The molecule has 0 saturated carbocycles. The fraction of sp³-hybridized carbons (Fsp3) is 0.300. The van der Waals surface area contributed by atoms with Gasteiger partial charge in [-0.1, -0.05) is 68.4 Å². The van der Waals surface area contributed by atoms with Crippen molar-refractivity contribution in [3.63, 3.8) is 0 Å². The molecule has 2 aromatic carbocycles. The van der Waals surface area contributed by atoms with Crippen molar-refractivity contribution < 1.29 is 0 Å². The maximum atomic E-state index is 4.50. The number of hydrogen-bond acceptors (Lipinski definition) is 3. The van der Waals surface area contributed by atoms with E-state index in [0.717, 1.165) is 36.6 Å². The average molecular weight is 320 g/mol. The van der Waals surface area contributed by atoms with Gasteiger partial charge in [-0.15, -0.1) is 5.10 Å². The number of hydrogen-bond donors (Lipinski definition) is 1. The predicted octanol–water partition coefficient (Wildman–Crippen LogP) is 4.97. The lowest BCUT2D eigenvalue weighted by atomic mass is 9.97. The Bertz CT molecular complexity index is 820. The summed E-state index contributed by atoms with van der Waals surface area (Å²) in [6, 6.07) is 16.8. The molecule has 4 heteroatoms. The van der Waals surface area contributed by atoms with Crippen LogP contribution in [-0.4, -0.2) is 15.0 Å². The number of nitrogens with one attached hydrogen (secondary N) is 1. The number of para-hydroxylation sites is 1. The van der Waals surface area contributed by atoms with Gasteiger partial charge in [0.15, 0.2) is 0 Å². The molecule has 1 aliphatic rings. The second kappa shape index (κ2) is 7.30. The number of anilines is 1. The van der Waals surface area contributed by atoms with Crippen LogP contribution in [0.1, 0.15) is 32.8 Å². The first-order valence-corrected chi connectivity index (χ1v) is 8.73. The third-order valence-electron chi connectivity index (χ3n) is 4.09. The van der Waals surface area contributed by atoms with E-state index in [0.29, 0.717) is 0 Å². The fourth-order valence-corrected chi connectivity index (χ4v) is 3.07. The van der Waals surface area contributed by atoms with Gasteiger partial charge in [-0.05, 0) is 18.1 Å². The van der Waals surface area contributed by atoms with Crippen LogP contribution < -0.4 is 5.32 Å². The van der Waals surface area contributed by atoms with Crippen molar-refractivity contribution in [2.75, 3.05) is 5.32 Å². The van der Waals surface area contributed by atoms with Gasteiger partial charge >= 0.3 is 0 Å². The van der Waals surface area contributed by atoms with Crippen LogP contribution in [0.5, 0.6) is 0 Å². The van der Waals surface area contributed by atoms with Crippen molar-refractivity contribution in [2.24, 2.45) is 0 Å². The monoisotopic (exact) mass is 320 g/mol. The summed E-state index contributed by atoms with van der Waals surface area (Å²) in [5.41, 5.74) is 6.82. The highest BCUT2D eigenvalue weighted by atomic mass is 15.4. The zero-order valence-corrected chi connectivity index (χ0v) is 14.6. The van der Waals surface area contributed by atoms with Crippen LogP contribution in [0.3, 0.4) is 0 Å². The summed E-state index contributed by atoms with van der Waals surface area (Å²) in [4.78, 5) is 0. The molecule has 2 heterocycles. The molecule has 0 saturated heterocycles. The topological polar surface area (TPSA) is 42.7 Å². The van der Waals surface area contributed by atoms with E-state index < -0.39 is 0 Å². The molecule has 0 bridgehead atoms. The Morgan fingerprint density at radius 2 is 1.71 bits per heavy atom. The van der Waals surface area contributed by atoms with Crippen LogP contribution in [0.2, 0.25) is 0 Å². The third-order valence-corrected chi connectivity index (χ3v) is 4.09. The number of aryl methyl sites for hydroxylation is 1. The Hall–Kier alpha value is -2.62. The highest BCUT2D eigenvalue weighted by Crippen LogP contribution is 2.38. The smallest absolute Gasteiger partial charge is 0.121 e. The summed E-state index contributed by atoms with van der Waals surface area (Å²) < 4.78 is 2.03. The molecule has 0 atom stereocenters. The van der Waals surface area contributed by atoms with Crippen LogP contribution in [0.15, 0.2) is 48.5 Å². The molecule has 4 rings (SSSR count). The van der Waals surface area contributed by atoms with Gasteiger partial charge < -0.3 is 5.32 Å². The highest BCUT2D eigenvalue weighted by molar-refractivity contribution is 5.87. The third kappa shape index (κ3) is 2.80. The van der Waals surface area contributed by atoms with Crippen molar-refractivity contribution in [3.8, 4) is 22.5 Å². The maximum absolute atomic E-state index is 4.50. The van der Waals surface area contributed by atoms with E-state index in [-0.39, 0.29) is 0 Å². The molecule has 0 fully saturated rings. The summed E-state index contributed by atoms with van der Waals surface area (Å²) in [5.74, 6) is 0. The summed E-state index contributed by atoms with van der Waals surface area (Å²) in [5, 5.41) is 12.5. The van der Waals surface area contributed by atoms with Crippen LogP contribution in [0.25, 0.3) is 22.5 Å². The van der Waals surface area contributed by atoms with E-state index in [1.54, 1.807) is 0 Å². The molecular formula is C20H24N4. The van der Waals surface area contributed by atoms with Crippen LogP contribution >= 0.6 is 0 Å². The lowest BCUT2D eigenvalue weighted by Crippen LogP contribution is -2.08. The van der Waals surface area contributed by atoms with E-state index in [1.165, 1.54) is 16.7 Å². The Balaban J connectivity index is 0.000000815. The SMILES string of the molecule is CC.CCCn1nnc2c1-c1ccccc1NCc1ccccc1-2. The van der Waals surface area contributed by atoms with Crippen LogP contribution in [-0.2, 0) is 13.1 Å². The largest absolute Gasteiger partial charge is 0.380 e. The Morgan fingerprint density at radius 1 is 1.00 bits per heavy atom. The van der Waals surface area contributed by atoms with Gasteiger partial charge in [-0.3, -0.25) is 0 Å². The fourth-order valence-electron chi connectivity index (χ4n) is 3.07. The molecule has 124 valence electrons. The van der Waals surface area contributed by atoms with Crippen LogP contribution in [0, 0.1) is 0 Å². The molecule has 0 unspecified atom stereocenters. The summed E-state index contributed by atoms with van der Waals surface area (Å²) >= 11 is 0. The molecule has 24 heavy (non-hydrogen) atoms. The maximum Gasteiger partial charge on any atom is 0.121 e. The Labute approximate surface area is 143 Å². The number of rotatable bonds is 2. The summed E-state index contributed by atoms with van der Waals surface area (Å²) in [6.07, 6.45) is 1.03. The molecule has 1 N–H and O–H groups in total. The first-order chi connectivity index (χ1) is 11.9. The lowest BCUT2D eigenvalue weighted by Gasteiger charge is -2.19. The molecule has 0 spiro atoms. The van der Waals surface area contributed by atoms with Gasteiger partial charge in [-0.25, -0.2) is 4.68 Å². The number of nitrogens with zero attached hydrogens (tertiary/aromatic N) is 3. The van der Waals surface area contributed by atoms with Gasteiger partial charge in [-0.2, -0.15) is 0 Å². The lowest BCUT2D eigenvalue weighted by molar-refractivity contribution is 0.584. The molecule has 3 aromatic rings. The van der Waals surface area contributed by atoms with Crippen molar-refractivity contribution in [2.45, 2.75) is 40.3 Å². The molecule has 1 aromatic heterocycles. The Kier molecular flexibility index (Phi) is 4.94.